The van der Waals surface area contributed by atoms with Crippen molar-refractivity contribution in [2.45, 2.75) is 19.4 Å². The fraction of sp³-hybridized carbons (Fsp3) is 0.357. The van der Waals surface area contributed by atoms with Crippen molar-refractivity contribution in [1.29, 1.82) is 0 Å². The Labute approximate surface area is 113 Å². The van der Waals surface area contributed by atoms with E-state index in [4.69, 9.17) is 16.3 Å². The minimum atomic E-state index is -0.109. The van der Waals surface area contributed by atoms with Crippen molar-refractivity contribution in [3.63, 3.8) is 0 Å². The lowest BCUT2D eigenvalue weighted by Gasteiger charge is -2.19. The number of hydrogen-bond donors (Lipinski definition) is 1. The second kappa shape index (κ2) is 5.91. The fourth-order valence-corrected chi connectivity index (χ4v) is 2.03. The largest absolute Gasteiger partial charge is 0.482 e. The monoisotopic (exact) mass is 264 g/mol. The van der Waals surface area contributed by atoms with Gasteiger partial charge in [-0.3, -0.25) is 4.99 Å². The van der Waals surface area contributed by atoms with E-state index in [0.717, 1.165) is 36.7 Å². The topological polar surface area (TPSA) is 33.6 Å². The van der Waals surface area contributed by atoms with Gasteiger partial charge in [-0.15, -0.1) is 6.58 Å². The van der Waals surface area contributed by atoms with E-state index in [1.54, 1.807) is 0 Å². The van der Waals surface area contributed by atoms with Crippen molar-refractivity contribution < 1.29 is 4.74 Å². The van der Waals surface area contributed by atoms with Gasteiger partial charge < -0.3 is 10.1 Å². The van der Waals surface area contributed by atoms with Gasteiger partial charge in [0.05, 0.1) is 6.54 Å². The van der Waals surface area contributed by atoms with E-state index in [-0.39, 0.29) is 6.10 Å². The van der Waals surface area contributed by atoms with Gasteiger partial charge in [0.15, 0.2) is 6.10 Å². The number of amidine groups is 1. The molecular weight excluding hydrogens is 248 g/mol. The van der Waals surface area contributed by atoms with Gasteiger partial charge in [-0.2, -0.15) is 0 Å². The van der Waals surface area contributed by atoms with Crippen LogP contribution in [-0.4, -0.2) is 25.0 Å². The van der Waals surface area contributed by atoms with Gasteiger partial charge in [0, 0.05) is 23.6 Å². The number of hydrogen-bond acceptors (Lipinski definition) is 3. The van der Waals surface area contributed by atoms with E-state index in [9.17, 15) is 0 Å². The molecule has 0 bridgehead atoms. The van der Waals surface area contributed by atoms with Crippen LogP contribution in [0.15, 0.2) is 35.8 Å². The van der Waals surface area contributed by atoms with Gasteiger partial charge in [-0.25, -0.2) is 0 Å². The Morgan fingerprint density at radius 2 is 2.44 bits per heavy atom. The summed E-state index contributed by atoms with van der Waals surface area (Å²) in [6.07, 6.45) is 2.45. The van der Waals surface area contributed by atoms with Crippen molar-refractivity contribution in [3.8, 4) is 5.75 Å². The molecule has 96 valence electrons. The number of halogens is 1. The molecule has 0 spiro atoms. The van der Waals surface area contributed by atoms with E-state index in [1.807, 2.05) is 31.2 Å². The van der Waals surface area contributed by atoms with Gasteiger partial charge in [-0.05, 0) is 19.1 Å². The van der Waals surface area contributed by atoms with Crippen molar-refractivity contribution >= 4 is 17.4 Å². The Hall–Kier alpha value is -1.48. The Balaban J connectivity index is 2.17. The molecule has 1 heterocycles. The molecule has 3 nitrogen and oxygen atoms in total. The molecule has 0 aliphatic carbocycles. The molecule has 1 atom stereocenters. The molecule has 0 radical (unpaired) electrons. The normalized spacial score (nSPS) is 15.8. The first-order valence-electron chi connectivity index (χ1n) is 6.03. The van der Waals surface area contributed by atoms with Crippen LogP contribution in [0.5, 0.6) is 5.75 Å². The number of nitrogens with one attached hydrogen (secondary N) is 1. The minimum absolute atomic E-state index is 0.109. The summed E-state index contributed by atoms with van der Waals surface area (Å²) in [6.45, 7) is 7.40. The van der Waals surface area contributed by atoms with E-state index >= 15 is 0 Å². The van der Waals surface area contributed by atoms with Crippen molar-refractivity contribution in [1.82, 2.24) is 5.32 Å². The highest BCUT2D eigenvalue weighted by Gasteiger charge is 2.20. The Kier molecular flexibility index (Phi) is 4.26. The highest BCUT2D eigenvalue weighted by atomic mass is 35.5. The third-order valence-electron chi connectivity index (χ3n) is 2.87. The molecule has 0 fully saturated rings. The lowest BCUT2D eigenvalue weighted by atomic mass is 10.2. The second-order valence-electron chi connectivity index (χ2n) is 4.19. The van der Waals surface area contributed by atoms with E-state index < -0.39 is 0 Å². The Morgan fingerprint density at radius 3 is 3.11 bits per heavy atom. The zero-order valence-corrected chi connectivity index (χ0v) is 11.2. The predicted molar refractivity (Wildman–Crippen MR) is 75.7 cm³/mol. The first kappa shape index (κ1) is 13.0. The van der Waals surface area contributed by atoms with Crippen molar-refractivity contribution in [2.75, 3.05) is 13.1 Å². The molecular formula is C14H17ClN2O. The summed E-state index contributed by atoms with van der Waals surface area (Å²) in [7, 11) is 0. The minimum Gasteiger partial charge on any atom is -0.482 e. The maximum Gasteiger partial charge on any atom is 0.159 e. The van der Waals surface area contributed by atoms with Crippen molar-refractivity contribution in [2.24, 2.45) is 4.99 Å². The highest BCUT2D eigenvalue weighted by molar-refractivity contribution is 6.31. The molecule has 1 aliphatic heterocycles. The van der Waals surface area contributed by atoms with Crippen LogP contribution in [0, 0.1) is 6.92 Å². The maximum atomic E-state index is 6.09. The Bertz CT molecular complexity index is 471. The van der Waals surface area contributed by atoms with Gasteiger partial charge in [0.1, 0.15) is 11.6 Å². The summed E-state index contributed by atoms with van der Waals surface area (Å²) in [5, 5.41) is 3.95. The Morgan fingerprint density at radius 1 is 1.61 bits per heavy atom. The van der Waals surface area contributed by atoms with Crippen LogP contribution in [0.2, 0.25) is 5.02 Å². The number of nitrogens with zero attached hydrogens (tertiary/aromatic N) is 1. The van der Waals surface area contributed by atoms with Crippen LogP contribution in [0.1, 0.15) is 12.0 Å². The van der Waals surface area contributed by atoms with Crippen LogP contribution >= 0.6 is 11.6 Å². The first-order valence-corrected chi connectivity index (χ1v) is 6.41. The molecule has 2 rings (SSSR count). The molecule has 1 aromatic rings. The van der Waals surface area contributed by atoms with Gasteiger partial charge in [0.25, 0.3) is 0 Å². The summed E-state index contributed by atoms with van der Waals surface area (Å²) < 4.78 is 6.00. The molecule has 0 saturated carbocycles. The van der Waals surface area contributed by atoms with E-state index in [0.29, 0.717) is 5.02 Å². The number of rotatable bonds is 5. The molecule has 18 heavy (non-hydrogen) atoms. The standard InChI is InChI=1S/C14H17ClN2O/c1-3-5-13(14-16-8-9-17-14)18-12-7-4-6-11(15)10(12)2/h3-4,6-7,13H,1,5,8-9H2,2H3,(H,16,17). The molecule has 1 unspecified atom stereocenters. The lowest BCUT2D eigenvalue weighted by molar-refractivity contribution is 0.265. The smallest absolute Gasteiger partial charge is 0.159 e. The fourth-order valence-electron chi connectivity index (χ4n) is 1.87. The lowest BCUT2D eigenvalue weighted by Crippen LogP contribution is -2.35. The molecule has 0 saturated heterocycles. The van der Waals surface area contributed by atoms with Gasteiger partial charge >= 0.3 is 0 Å². The van der Waals surface area contributed by atoms with E-state index in [1.165, 1.54) is 0 Å². The highest BCUT2D eigenvalue weighted by Crippen LogP contribution is 2.26. The molecule has 4 heteroatoms. The predicted octanol–water partition coefficient (Wildman–Crippen LogP) is 2.97. The van der Waals surface area contributed by atoms with Crippen LogP contribution in [0.4, 0.5) is 0 Å². The summed E-state index contributed by atoms with van der Waals surface area (Å²) in [5.74, 6) is 1.69. The quantitative estimate of drug-likeness (QED) is 0.830. The van der Waals surface area contributed by atoms with E-state index in [2.05, 4.69) is 16.9 Å². The molecule has 1 N–H and O–H groups in total. The average Bonchev–Trinajstić information content (AvgIpc) is 2.88. The molecule has 1 aliphatic rings. The number of benzene rings is 1. The van der Waals surface area contributed by atoms with Crippen LogP contribution in [0.3, 0.4) is 0 Å². The van der Waals surface area contributed by atoms with Crippen LogP contribution in [-0.2, 0) is 0 Å². The average molecular weight is 265 g/mol. The second-order valence-corrected chi connectivity index (χ2v) is 4.59. The van der Waals surface area contributed by atoms with Crippen LogP contribution < -0.4 is 10.1 Å². The third-order valence-corrected chi connectivity index (χ3v) is 3.28. The number of ether oxygens (including phenoxy) is 1. The summed E-state index contributed by atoms with van der Waals surface area (Å²) in [4.78, 5) is 4.40. The van der Waals surface area contributed by atoms with Gasteiger partial charge in [0.2, 0.25) is 0 Å². The summed E-state index contributed by atoms with van der Waals surface area (Å²) in [5.41, 5.74) is 0.951. The zero-order chi connectivity index (χ0) is 13.0. The molecule has 1 aromatic carbocycles. The van der Waals surface area contributed by atoms with Crippen LogP contribution in [0.25, 0.3) is 0 Å². The van der Waals surface area contributed by atoms with Crippen molar-refractivity contribution in [3.05, 3.63) is 41.4 Å². The maximum absolute atomic E-state index is 6.09. The third kappa shape index (κ3) is 2.85. The first-order chi connectivity index (χ1) is 8.72. The van der Waals surface area contributed by atoms with Gasteiger partial charge in [-0.1, -0.05) is 23.7 Å². The SMILES string of the molecule is C=CCC(Oc1cccc(Cl)c1C)C1=NCCN1. The summed E-state index contributed by atoms with van der Waals surface area (Å²) >= 11 is 6.09. The molecule has 0 aromatic heterocycles. The summed E-state index contributed by atoms with van der Waals surface area (Å²) in [6, 6.07) is 5.67. The molecule has 0 amide bonds. The number of aliphatic imine (C=N–C) groups is 1. The zero-order valence-electron chi connectivity index (χ0n) is 10.4.